The van der Waals surface area contributed by atoms with E-state index < -0.39 is 95.0 Å². The third-order valence-electron chi connectivity index (χ3n) is 11.7. The van der Waals surface area contributed by atoms with Crippen LogP contribution in [0, 0.1) is 40.4 Å². The number of hydrogen-bond acceptors (Lipinski definition) is 6. The molecule has 3 aliphatic heterocycles. The van der Waals surface area contributed by atoms with Crippen LogP contribution in [0.15, 0.2) is 18.3 Å². The fourth-order valence-corrected chi connectivity index (χ4v) is 9.44. The Hall–Kier alpha value is -3.76. The van der Waals surface area contributed by atoms with Crippen molar-refractivity contribution in [3.8, 4) is 6.07 Å². The molecule has 7 rings (SSSR count). The van der Waals surface area contributed by atoms with Crippen molar-refractivity contribution in [3.63, 3.8) is 0 Å². The first-order valence-electron chi connectivity index (χ1n) is 16.3. The molecule has 2 N–H and O–H groups in total. The molecular formula is C33H38F4N6O4. The van der Waals surface area contributed by atoms with Crippen LogP contribution >= 0.6 is 0 Å². The van der Waals surface area contributed by atoms with E-state index in [1.165, 1.54) is 16.0 Å². The van der Waals surface area contributed by atoms with Crippen LogP contribution in [-0.4, -0.2) is 87.4 Å². The Morgan fingerprint density at radius 2 is 1.87 bits per heavy atom. The van der Waals surface area contributed by atoms with Crippen molar-refractivity contribution < 1.29 is 36.7 Å². The van der Waals surface area contributed by atoms with Crippen LogP contribution in [0.4, 0.5) is 23.4 Å². The van der Waals surface area contributed by atoms with Gasteiger partial charge >= 0.3 is 0 Å². The van der Waals surface area contributed by atoms with Crippen LogP contribution in [0.2, 0.25) is 0 Å². The molecule has 0 radical (unpaired) electrons. The summed E-state index contributed by atoms with van der Waals surface area (Å²) in [5.74, 6) is -7.48. The second-order valence-corrected chi connectivity index (χ2v) is 15.7. The molecule has 2 saturated heterocycles. The molecule has 47 heavy (non-hydrogen) atoms. The van der Waals surface area contributed by atoms with E-state index >= 15 is 8.78 Å². The number of carbonyl (C=O) groups is 4. The lowest BCUT2D eigenvalue weighted by Crippen LogP contribution is -2.64. The van der Waals surface area contributed by atoms with E-state index in [1.54, 1.807) is 32.9 Å². The van der Waals surface area contributed by atoms with Gasteiger partial charge < -0.3 is 20.4 Å². The van der Waals surface area contributed by atoms with Gasteiger partial charge in [-0.15, -0.1) is 0 Å². The quantitative estimate of drug-likeness (QED) is 0.477. The minimum Gasteiger partial charge on any atom is -0.341 e. The van der Waals surface area contributed by atoms with Gasteiger partial charge in [0.25, 0.3) is 11.8 Å². The van der Waals surface area contributed by atoms with Crippen LogP contribution in [0.1, 0.15) is 64.9 Å². The van der Waals surface area contributed by atoms with Crippen molar-refractivity contribution in [1.82, 2.24) is 20.1 Å². The first-order chi connectivity index (χ1) is 22.0. The van der Waals surface area contributed by atoms with E-state index in [2.05, 4.69) is 21.7 Å². The number of halogens is 4. The molecule has 1 aromatic rings. The molecule has 3 saturated carbocycles. The summed E-state index contributed by atoms with van der Waals surface area (Å²) < 4.78 is 58.0. The maximum atomic E-state index is 15.7. The lowest BCUT2D eigenvalue weighted by Gasteiger charge is -2.42. The van der Waals surface area contributed by atoms with E-state index in [-0.39, 0.29) is 31.3 Å². The summed E-state index contributed by atoms with van der Waals surface area (Å²) in [5, 5.41) is 15.4. The highest BCUT2D eigenvalue weighted by Crippen LogP contribution is 2.56. The van der Waals surface area contributed by atoms with Crippen LogP contribution in [0.3, 0.4) is 0 Å². The lowest BCUT2D eigenvalue weighted by atomic mass is 9.70. The second kappa shape index (κ2) is 10.4. The van der Waals surface area contributed by atoms with Gasteiger partial charge in [-0.05, 0) is 54.4 Å². The summed E-state index contributed by atoms with van der Waals surface area (Å²) in [5.41, 5.74) is -4.53. The summed E-state index contributed by atoms with van der Waals surface area (Å²) in [7, 11) is 0. The Bertz CT molecular complexity index is 1580. The van der Waals surface area contributed by atoms with Crippen molar-refractivity contribution in [2.75, 3.05) is 18.4 Å². The molecule has 3 aliphatic carbocycles. The molecule has 1 aromatic heterocycles. The van der Waals surface area contributed by atoms with Gasteiger partial charge in [0.05, 0.1) is 24.3 Å². The number of nitrogens with one attached hydrogen (secondary N) is 2. The summed E-state index contributed by atoms with van der Waals surface area (Å²) >= 11 is 0. The van der Waals surface area contributed by atoms with Crippen molar-refractivity contribution in [2.24, 2.45) is 29.1 Å². The Labute approximate surface area is 269 Å². The Morgan fingerprint density at radius 3 is 2.53 bits per heavy atom. The molecule has 1 spiro atoms. The highest BCUT2D eigenvalue weighted by Gasteiger charge is 2.65. The predicted molar refractivity (Wildman–Crippen MR) is 158 cm³/mol. The number of amides is 4. The van der Waals surface area contributed by atoms with Crippen molar-refractivity contribution in [1.29, 1.82) is 5.26 Å². The molecule has 9 unspecified atom stereocenters. The Balaban J connectivity index is 1.23. The molecule has 6 aliphatic rings. The Morgan fingerprint density at radius 1 is 1.15 bits per heavy atom. The zero-order valence-electron chi connectivity index (χ0n) is 26.4. The van der Waals surface area contributed by atoms with E-state index in [0.29, 0.717) is 30.6 Å². The molecule has 14 heteroatoms. The largest absolute Gasteiger partial charge is 0.341 e. The van der Waals surface area contributed by atoms with Crippen molar-refractivity contribution in [3.05, 3.63) is 23.9 Å². The number of nitriles is 1. The monoisotopic (exact) mass is 658 g/mol. The maximum absolute atomic E-state index is 15.7. The summed E-state index contributed by atoms with van der Waals surface area (Å²) in [6.07, 6.45) is -0.554. The van der Waals surface area contributed by atoms with Gasteiger partial charge in [-0.2, -0.15) is 5.26 Å². The molecule has 10 nitrogen and oxygen atoms in total. The smallest absolute Gasteiger partial charge is 0.258 e. The number of fused-ring (bicyclic) bond motifs is 6. The fourth-order valence-electron chi connectivity index (χ4n) is 9.44. The molecule has 0 aromatic carbocycles. The summed E-state index contributed by atoms with van der Waals surface area (Å²) in [6, 6.07) is 1.93. The highest BCUT2D eigenvalue weighted by atomic mass is 19.3. The van der Waals surface area contributed by atoms with E-state index in [1.807, 2.05) is 0 Å². The number of aromatic nitrogens is 1. The van der Waals surface area contributed by atoms with Gasteiger partial charge in [-0.25, -0.2) is 22.5 Å². The summed E-state index contributed by atoms with van der Waals surface area (Å²) in [4.78, 5) is 62.6. The Kier molecular flexibility index (Phi) is 7.02. The first kappa shape index (κ1) is 31.8. The molecule has 5 fully saturated rings. The number of hydrogen-bond donors (Lipinski definition) is 2. The predicted octanol–water partition coefficient (Wildman–Crippen LogP) is 3.28. The van der Waals surface area contributed by atoms with Gasteiger partial charge in [-0.1, -0.05) is 26.8 Å². The van der Waals surface area contributed by atoms with Gasteiger partial charge in [0.15, 0.2) is 5.67 Å². The van der Waals surface area contributed by atoms with Gasteiger partial charge in [-0.3, -0.25) is 19.2 Å². The highest BCUT2D eigenvalue weighted by molar-refractivity contribution is 6.06. The fraction of sp³-hybridized carbons (Fsp3) is 0.697. The molecule has 2 bridgehead atoms. The van der Waals surface area contributed by atoms with Crippen LogP contribution in [0.5, 0.6) is 0 Å². The normalized spacial score (nSPS) is 36.6. The number of nitrogens with zero attached hydrogens (tertiary/aromatic N) is 4. The topological polar surface area (TPSA) is 136 Å². The van der Waals surface area contributed by atoms with Crippen LogP contribution in [-0.2, 0) is 24.6 Å². The number of carbonyl (C=O) groups excluding carboxylic acids is 4. The van der Waals surface area contributed by atoms with Gasteiger partial charge in [0.2, 0.25) is 17.7 Å². The van der Waals surface area contributed by atoms with Crippen LogP contribution < -0.4 is 10.6 Å². The number of pyridine rings is 1. The third-order valence-corrected chi connectivity index (χ3v) is 11.7. The summed E-state index contributed by atoms with van der Waals surface area (Å²) in [6.45, 7) is 4.85. The zero-order chi connectivity index (χ0) is 33.8. The van der Waals surface area contributed by atoms with Crippen LogP contribution in [0.25, 0.3) is 0 Å². The molecular weight excluding hydrogens is 620 g/mol. The average molecular weight is 659 g/mol. The van der Waals surface area contributed by atoms with Crippen molar-refractivity contribution in [2.45, 2.75) is 101 Å². The third kappa shape index (κ3) is 4.73. The number of likely N-dealkylation sites (tertiary alicyclic amines) is 2. The minimum atomic E-state index is -3.32. The number of rotatable bonds is 4. The minimum absolute atomic E-state index is 0.00958. The van der Waals surface area contributed by atoms with Gasteiger partial charge in [0, 0.05) is 31.3 Å². The zero-order valence-corrected chi connectivity index (χ0v) is 26.4. The average Bonchev–Trinajstić information content (AvgIpc) is 3.70. The van der Waals surface area contributed by atoms with Gasteiger partial charge in [0.1, 0.15) is 30.1 Å². The van der Waals surface area contributed by atoms with E-state index in [4.69, 9.17) is 0 Å². The number of alkyl halides is 4. The van der Waals surface area contributed by atoms with E-state index in [0.717, 1.165) is 0 Å². The second-order valence-electron chi connectivity index (χ2n) is 15.7. The SMILES string of the molecule is CC(C)(C)C(NC(=O)C1(F)CC(F)(F)C1)C(=O)N1CC2CC3CCC(C3F)C2C1C(=O)N1CC2(CC1C#N)C(=O)Nc1ncccc12. The standard InChI is InChI=1S/C33H38F4N6O4/c1-30(2,3)24(40-29(47)32(35)13-33(36,37)14-32)27(45)42-12-17-9-16-6-7-19(22(16)34)21(17)23(42)26(44)43-15-31(10-18(43)11-38)20-5-4-8-39-25(20)41-28(31)46/h4-5,8,16-19,21-24H,6-7,9-10,12-15H2,1-3H3,(H,40,47)(H,39,41,46). The molecule has 4 amide bonds. The van der Waals surface area contributed by atoms with Crippen molar-refractivity contribution >= 4 is 29.4 Å². The van der Waals surface area contributed by atoms with E-state index in [9.17, 15) is 33.2 Å². The molecule has 252 valence electrons. The maximum Gasteiger partial charge on any atom is 0.258 e. The number of anilines is 1. The first-order valence-corrected chi connectivity index (χ1v) is 16.3. The molecule has 9 atom stereocenters. The lowest BCUT2D eigenvalue weighted by molar-refractivity contribution is -0.185. The molecule has 4 heterocycles.